The summed E-state index contributed by atoms with van der Waals surface area (Å²) in [7, 11) is -1.15. The maximum Gasteiger partial charge on any atom is 0.0776 e. The van der Waals surface area contributed by atoms with Crippen LogP contribution >= 0.6 is 11.6 Å². The van der Waals surface area contributed by atoms with E-state index in [0.29, 0.717) is 0 Å². The van der Waals surface area contributed by atoms with Crippen LogP contribution in [0.5, 0.6) is 0 Å². The van der Waals surface area contributed by atoms with Gasteiger partial charge in [-0.05, 0) is 18.6 Å². The van der Waals surface area contributed by atoms with Gasteiger partial charge in [-0.1, -0.05) is 48.6 Å². The molecule has 0 aliphatic rings. The fourth-order valence-corrected chi connectivity index (χ4v) is 2.46. The second-order valence-electron chi connectivity index (χ2n) is 4.21. The van der Waals surface area contributed by atoms with Gasteiger partial charge >= 0.3 is 0 Å². The van der Waals surface area contributed by atoms with E-state index < -0.39 is 8.07 Å². The normalized spacial score (nSPS) is 11.8. The molecule has 0 radical (unpaired) electrons. The van der Waals surface area contributed by atoms with Crippen LogP contribution < -0.4 is 5.19 Å². The van der Waals surface area contributed by atoms with Crippen molar-refractivity contribution in [2.24, 2.45) is 0 Å². The lowest BCUT2D eigenvalue weighted by atomic mass is 10.2. The van der Waals surface area contributed by atoms with Crippen molar-refractivity contribution in [2.45, 2.75) is 26.6 Å². The first-order chi connectivity index (χ1) is 5.41. The Hall–Kier alpha value is -0.273. The summed E-state index contributed by atoms with van der Waals surface area (Å²) in [5.74, 6) is 0. The van der Waals surface area contributed by atoms with Gasteiger partial charge in [0.15, 0.2) is 0 Å². The second-order valence-corrected chi connectivity index (χ2v) is 9.70. The second kappa shape index (κ2) is 3.23. The minimum atomic E-state index is -1.15. The summed E-state index contributed by atoms with van der Waals surface area (Å²) in [4.78, 5) is 0. The van der Waals surface area contributed by atoms with Gasteiger partial charge in [0.05, 0.1) is 8.07 Å². The molecule has 0 unspecified atom stereocenters. The topological polar surface area (TPSA) is 0 Å². The highest BCUT2D eigenvalue weighted by molar-refractivity contribution is 6.88. The van der Waals surface area contributed by atoms with E-state index in [1.54, 1.807) is 0 Å². The van der Waals surface area contributed by atoms with Gasteiger partial charge in [0, 0.05) is 5.02 Å². The smallest absolute Gasteiger partial charge is 0.0776 e. The molecule has 0 nitrogen and oxygen atoms in total. The molecule has 0 fully saturated rings. The van der Waals surface area contributed by atoms with Crippen LogP contribution in [0.4, 0.5) is 0 Å². The molecule has 0 aromatic heterocycles. The Bertz CT molecular complexity index is 286. The zero-order valence-corrected chi connectivity index (χ0v) is 9.87. The highest BCUT2D eigenvalue weighted by atomic mass is 35.5. The molecule has 66 valence electrons. The summed E-state index contributed by atoms with van der Waals surface area (Å²) in [6.07, 6.45) is 0. The van der Waals surface area contributed by atoms with Crippen molar-refractivity contribution in [3.8, 4) is 0 Å². The molecule has 12 heavy (non-hydrogen) atoms. The maximum atomic E-state index is 5.95. The van der Waals surface area contributed by atoms with E-state index in [-0.39, 0.29) is 0 Å². The highest BCUT2D eigenvalue weighted by Crippen LogP contribution is 2.14. The number of hydrogen-bond acceptors (Lipinski definition) is 0. The lowest BCUT2D eigenvalue weighted by Crippen LogP contribution is -2.37. The number of benzene rings is 1. The summed E-state index contributed by atoms with van der Waals surface area (Å²) in [5.41, 5.74) is 1.19. The van der Waals surface area contributed by atoms with Crippen LogP contribution in [0.25, 0.3) is 0 Å². The van der Waals surface area contributed by atoms with E-state index in [9.17, 15) is 0 Å². The van der Waals surface area contributed by atoms with E-state index in [1.165, 1.54) is 10.8 Å². The molecule has 0 heterocycles. The Kier molecular flexibility index (Phi) is 2.64. The summed E-state index contributed by atoms with van der Waals surface area (Å²) in [6, 6.07) is 6.38. The largest absolute Gasteiger partial charge is 0.0841 e. The summed E-state index contributed by atoms with van der Waals surface area (Å²) in [5, 5.41) is 2.35. The van der Waals surface area contributed by atoms with Crippen molar-refractivity contribution < 1.29 is 0 Å². The third-order valence-electron chi connectivity index (χ3n) is 2.02. The molecule has 1 aromatic rings. The first kappa shape index (κ1) is 9.81. The van der Waals surface area contributed by atoms with Crippen LogP contribution in [0, 0.1) is 6.92 Å². The van der Waals surface area contributed by atoms with E-state index in [4.69, 9.17) is 11.6 Å². The zero-order valence-electron chi connectivity index (χ0n) is 8.11. The van der Waals surface area contributed by atoms with Gasteiger partial charge in [-0.15, -0.1) is 0 Å². The Morgan fingerprint density at radius 3 is 2.17 bits per heavy atom. The number of aryl methyl sites for hydroxylation is 1. The third-order valence-corrected chi connectivity index (χ3v) is 4.49. The van der Waals surface area contributed by atoms with Gasteiger partial charge < -0.3 is 0 Å². The van der Waals surface area contributed by atoms with Crippen LogP contribution in [0.1, 0.15) is 5.56 Å². The molecule has 0 saturated carbocycles. The number of rotatable bonds is 1. The quantitative estimate of drug-likeness (QED) is 0.609. The zero-order chi connectivity index (χ0) is 9.35. The third kappa shape index (κ3) is 2.11. The van der Waals surface area contributed by atoms with Crippen molar-refractivity contribution in [2.75, 3.05) is 0 Å². The van der Waals surface area contributed by atoms with Gasteiger partial charge in [-0.25, -0.2) is 0 Å². The fourth-order valence-electron chi connectivity index (χ4n) is 1.11. The SMILES string of the molecule is Cc1cc([Si](C)(C)C)ccc1Cl. The maximum absolute atomic E-state index is 5.95. The predicted molar refractivity (Wildman–Crippen MR) is 59.2 cm³/mol. The van der Waals surface area contributed by atoms with Crippen LogP contribution in [0.3, 0.4) is 0 Å². The highest BCUT2D eigenvalue weighted by Gasteiger charge is 2.16. The molecule has 0 bridgehead atoms. The average molecular weight is 199 g/mol. The molecule has 0 atom stereocenters. The van der Waals surface area contributed by atoms with Crippen LogP contribution in [0.15, 0.2) is 18.2 Å². The van der Waals surface area contributed by atoms with E-state index >= 15 is 0 Å². The monoisotopic (exact) mass is 198 g/mol. The van der Waals surface area contributed by atoms with Crippen molar-refractivity contribution in [3.63, 3.8) is 0 Å². The Labute approximate surface area is 80.6 Å². The Morgan fingerprint density at radius 1 is 1.17 bits per heavy atom. The van der Waals surface area contributed by atoms with Crippen LogP contribution in [-0.4, -0.2) is 8.07 Å². The molecule has 0 aliphatic carbocycles. The van der Waals surface area contributed by atoms with E-state index in [2.05, 4.69) is 38.7 Å². The van der Waals surface area contributed by atoms with Crippen molar-refractivity contribution in [1.82, 2.24) is 0 Å². The van der Waals surface area contributed by atoms with Gasteiger partial charge in [-0.2, -0.15) is 0 Å². The fraction of sp³-hybridized carbons (Fsp3) is 0.400. The predicted octanol–water partition coefficient (Wildman–Crippen LogP) is 3.19. The molecule has 0 saturated heterocycles. The molecule has 0 spiro atoms. The average Bonchev–Trinajstić information content (AvgIpc) is 1.92. The van der Waals surface area contributed by atoms with Crippen molar-refractivity contribution in [3.05, 3.63) is 28.8 Å². The lowest BCUT2D eigenvalue weighted by Gasteiger charge is -2.17. The van der Waals surface area contributed by atoms with Gasteiger partial charge in [-0.3, -0.25) is 0 Å². The number of halogens is 1. The van der Waals surface area contributed by atoms with Gasteiger partial charge in [0.25, 0.3) is 0 Å². The molecule has 0 amide bonds. The van der Waals surface area contributed by atoms with E-state index in [1.807, 2.05) is 6.07 Å². The van der Waals surface area contributed by atoms with Gasteiger partial charge in [0.2, 0.25) is 0 Å². The van der Waals surface area contributed by atoms with Crippen LogP contribution in [-0.2, 0) is 0 Å². The molecule has 2 heteroatoms. The number of hydrogen-bond donors (Lipinski definition) is 0. The first-order valence-corrected chi connectivity index (χ1v) is 8.05. The molecule has 0 aliphatic heterocycles. The lowest BCUT2D eigenvalue weighted by molar-refractivity contribution is 1.48. The molecular weight excluding hydrogens is 184 g/mol. The van der Waals surface area contributed by atoms with Crippen LogP contribution in [0.2, 0.25) is 24.7 Å². The standard InChI is InChI=1S/C10H15ClSi/c1-8-7-9(12(2,3)4)5-6-10(8)11/h5-7H,1-4H3. The minimum Gasteiger partial charge on any atom is -0.0841 e. The molecule has 0 N–H and O–H groups in total. The van der Waals surface area contributed by atoms with Gasteiger partial charge in [0.1, 0.15) is 0 Å². The Balaban J connectivity index is 3.14. The molecular formula is C10H15ClSi. The molecule has 1 rings (SSSR count). The summed E-state index contributed by atoms with van der Waals surface area (Å²) in [6.45, 7) is 9.09. The summed E-state index contributed by atoms with van der Waals surface area (Å²) < 4.78 is 0. The minimum absolute atomic E-state index is 0.872. The first-order valence-electron chi connectivity index (χ1n) is 4.18. The molecule has 1 aromatic carbocycles. The Morgan fingerprint density at radius 2 is 1.75 bits per heavy atom. The van der Waals surface area contributed by atoms with Crippen molar-refractivity contribution in [1.29, 1.82) is 0 Å². The van der Waals surface area contributed by atoms with Crippen molar-refractivity contribution >= 4 is 24.9 Å². The summed E-state index contributed by atoms with van der Waals surface area (Å²) >= 11 is 5.95. The van der Waals surface area contributed by atoms with E-state index in [0.717, 1.165) is 5.02 Å².